The average Bonchev–Trinajstić information content (AvgIpc) is 2.69. The van der Waals surface area contributed by atoms with Gasteiger partial charge in [0.25, 0.3) is 5.69 Å². The van der Waals surface area contributed by atoms with Crippen LogP contribution < -0.4 is 4.90 Å². The summed E-state index contributed by atoms with van der Waals surface area (Å²) in [7, 11) is 0. The fourth-order valence-corrected chi connectivity index (χ4v) is 2.46. The van der Waals surface area contributed by atoms with Crippen LogP contribution in [0.15, 0.2) is 12.1 Å². The molecular weight excluding hydrogens is 234 g/mol. The summed E-state index contributed by atoms with van der Waals surface area (Å²) in [5.74, 6) is 1.12. The van der Waals surface area contributed by atoms with Crippen LogP contribution in [0.1, 0.15) is 19.0 Å². The minimum absolute atomic E-state index is 0.0338. The first-order valence-corrected chi connectivity index (χ1v) is 6.04. The molecular formula is C12H17N3O3. The minimum Gasteiger partial charge on any atom is -0.394 e. The monoisotopic (exact) mass is 251 g/mol. The van der Waals surface area contributed by atoms with Crippen LogP contribution in [0.2, 0.25) is 0 Å². The second-order valence-electron chi connectivity index (χ2n) is 4.74. The molecule has 0 aromatic carbocycles. The van der Waals surface area contributed by atoms with Crippen molar-refractivity contribution in [2.75, 3.05) is 18.1 Å². The summed E-state index contributed by atoms with van der Waals surface area (Å²) in [5.41, 5.74) is 0.445. The second-order valence-corrected chi connectivity index (χ2v) is 4.74. The second kappa shape index (κ2) is 4.89. The molecule has 6 nitrogen and oxygen atoms in total. The summed E-state index contributed by atoms with van der Waals surface area (Å²) in [5, 5.41) is 20.1. The molecule has 0 radical (unpaired) electrons. The number of rotatable bonds is 3. The van der Waals surface area contributed by atoms with Gasteiger partial charge >= 0.3 is 0 Å². The molecule has 98 valence electrons. The van der Waals surface area contributed by atoms with Crippen LogP contribution in [0, 0.1) is 23.0 Å². The molecule has 0 amide bonds. The van der Waals surface area contributed by atoms with Crippen molar-refractivity contribution in [2.24, 2.45) is 5.92 Å². The van der Waals surface area contributed by atoms with Crippen molar-refractivity contribution in [1.82, 2.24) is 4.98 Å². The summed E-state index contributed by atoms with van der Waals surface area (Å²) in [6.07, 6.45) is 1.00. The molecule has 0 saturated carbocycles. The number of pyridine rings is 1. The molecule has 1 saturated heterocycles. The van der Waals surface area contributed by atoms with Crippen LogP contribution in [0.3, 0.4) is 0 Å². The van der Waals surface area contributed by atoms with E-state index in [0.29, 0.717) is 17.4 Å². The summed E-state index contributed by atoms with van der Waals surface area (Å²) in [4.78, 5) is 16.6. The first kappa shape index (κ1) is 12.8. The predicted octanol–water partition coefficient (Wildman–Crippen LogP) is 1.51. The van der Waals surface area contributed by atoms with Gasteiger partial charge in [0.1, 0.15) is 11.5 Å². The van der Waals surface area contributed by atoms with E-state index in [0.717, 1.165) is 13.0 Å². The molecule has 2 heterocycles. The molecule has 1 N–H and O–H groups in total. The lowest BCUT2D eigenvalue weighted by atomic mass is 10.0. The van der Waals surface area contributed by atoms with Gasteiger partial charge in [-0.2, -0.15) is 0 Å². The van der Waals surface area contributed by atoms with Gasteiger partial charge in [0.2, 0.25) is 0 Å². The van der Waals surface area contributed by atoms with Gasteiger partial charge in [-0.15, -0.1) is 0 Å². The van der Waals surface area contributed by atoms with Crippen molar-refractivity contribution in [2.45, 2.75) is 26.3 Å². The third-order valence-electron chi connectivity index (χ3n) is 3.60. The van der Waals surface area contributed by atoms with Crippen molar-refractivity contribution in [1.29, 1.82) is 0 Å². The molecule has 18 heavy (non-hydrogen) atoms. The Labute approximate surface area is 105 Å². The van der Waals surface area contributed by atoms with Gasteiger partial charge in [-0.3, -0.25) is 10.1 Å². The van der Waals surface area contributed by atoms with Crippen LogP contribution in [0.25, 0.3) is 0 Å². The van der Waals surface area contributed by atoms with Crippen LogP contribution in [0.4, 0.5) is 11.5 Å². The third-order valence-corrected chi connectivity index (χ3v) is 3.60. The van der Waals surface area contributed by atoms with E-state index in [1.54, 1.807) is 13.0 Å². The van der Waals surface area contributed by atoms with E-state index < -0.39 is 4.92 Å². The minimum atomic E-state index is -0.428. The Morgan fingerprint density at radius 3 is 2.89 bits per heavy atom. The van der Waals surface area contributed by atoms with Crippen molar-refractivity contribution in [3.63, 3.8) is 0 Å². The van der Waals surface area contributed by atoms with E-state index in [4.69, 9.17) is 0 Å². The maximum Gasteiger partial charge on any atom is 0.290 e. The lowest BCUT2D eigenvalue weighted by Gasteiger charge is -2.26. The molecule has 1 aromatic rings. The molecule has 2 rings (SSSR count). The van der Waals surface area contributed by atoms with E-state index in [1.807, 2.05) is 4.90 Å². The highest BCUT2D eigenvalue weighted by Crippen LogP contribution is 2.29. The quantitative estimate of drug-likeness (QED) is 0.650. The number of aliphatic hydroxyl groups is 1. The molecule has 0 bridgehead atoms. The van der Waals surface area contributed by atoms with Crippen LogP contribution in [-0.2, 0) is 0 Å². The van der Waals surface area contributed by atoms with Crippen LogP contribution in [0.5, 0.6) is 0 Å². The molecule has 1 fully saturated rings. The van der Waals surface area contributed by atoms with Gasteiger partial charge in [-0.25, -0.2) is 4.98 Å². The van der Waals surface area contributed by atoms with E-state index >= 15 is 0 Å². The Balaban J connectivity index is 2.29. The van der Waals surface area contributed by atoms with Gasteiger partial charge in [0.05, 0.1) is 17.6 Å². The smallest absolute Gasteiger partial charge is 0.290 e. The number of nitrogens with zero attached hydrogens (tertiary/aromatic N) is 3. The highest BCUT2D eigenvalue weighted by molar-refractivity contribution is 5.48. The highest BCUT2D eigenvalue weighted by Gasteiger charge is 2.31. The number of hydrogen-bond acceptors (Lipinski definition) is 5. The topological polar surface area (TPSA) is 79.5 Å². The fourth-order valence-electron chi connectivity index (χ4n) is 2.46. The molecule has 1 aliphatic rings. The van der Waals surface area contributed by atoms with Crippen molar-refractivity contribution < 1.29 is 10.0 Å². The predicted molar refractivity (Wildman–Crippen MR) is 67.6 cm³/mol. The number of anilines is 1. The summed E-state index contributed by atoms with van der Waals surface area (Å²) in [6.45, 7) is 4.64. The highest BCUT2D eigenvalue weighted by atomic mass is 16.6. The van der Waals surface area contributed by atoms with Gasteiger partial charge in [-0.05, 0) is 25.3 Å². The lowest BCUT2D eigenvalue weighted by Crippen LogP contribution is -2.35. The lowest BCUT2D eigenvalue weighted by molar-refractivity contribution is -0.385. The van der Waals surface area contributed by atoms with Crippen LogP contribution >= 0.6 is 0 Å². The zero-order valence-corrected chi connectivity index (χ0v) is 10.5. The van der Waals surface area contributed by atoms with E-state index in [1.165, 1.54) is 6.07 Å². The Bertz CT molecular complexity index is 464. The standard InChI is InChI=1S/C12H17N3O3/c1-8-5-6-14(11(8)7-16)12-4-3-10(15(17)18)9(2)13-12/h3-4,8,11,16H,5-7H2,1-2H3. The fraction of sp³-hybridized carbons (Fsp3) is 0.583. The number of aliphatic hydroxyl groups excluding tert-OH is 1. The van der Waals surface area contributed by atoms with Crippen molar-refractivity contribution >= 4 is 11.5 Å². The molecule has 1 aliphatic heterocycles. The number of aryl methyl sites for hydroxylation is 1. The SMILES string of the molecule is Cc1nc(N2CCC(C)C2CO)ccc1[N+](=O)[O-]. The molecule has 0 aliphatic carbocycles. The van der Waals surface area contributed by atoms with Crippen molar-refractivity contribution in [3.05, 3.63) is 27.9 Å². The Morgan fingerprint density at radius 2 is 2.33 bits per heavy atom. The first-order valence-electron chi connectivity index (χ1n) is 6.04. The Hall–Kier alpha value is -1.69. The zero-order valence-electron chi connectivity index (χ0n) is 10.5. The van der Waals surface area contributed by atoms with Crippen LogP contribution in [-0.4, -0.2) is 34.2 Å². The van der Waals surface area contributed by atoms with E-state index in [9.17, 15) is 15.2 Å². The molecule has 2 atom stereocenters. The van der Waals surface area contributed by atoms with E-state index in [2.05, 4.69) is 11.9 Å². The van der Waals surface area contributed by atoms with E-state index in [-0.39, 0.29) is 18.3 Å². The first-order chi connectivity index (χ1) is 8.54. The maximum atomic E-state index is 10.7. The summed E-state index contributed by atoms with van der Waals surface area (Å²) < 4.78 is 0. The summed E-state index contributed by atoms with van der Waals surface area (Å²) in [6, 6.07) is 3.19. The summed E-state index contributed by atoms with van der Waals surface area (Å²) >= 11 is 0. The number of hydrogen-bond donors (Lipinski definition) is 1. The molecule has 6 heteroatoms. The Morgan fingerprint density at radius 1 is 1.61 bits per heavy atom. The normalized spacial score (nSPS) is 23.4. The van der Waals surface area contributed by atoms with Gasteiger partial charge in [-0.1, -0.05) is 6.92 Å². The Kier molecular flexibility index (Phi) is 3.47. The maximum absolute atomic E-state index is 10.7. The van der Waals surface area contributed by atoms with Gasteiger partial charge < -0.3 is 10.0 Å². The molecule has 2 unspecified atom stereocenters. The number of nitro groups is 1. The largest absolute Gasteiger partial charge is 0.394 e. The third kappa shape index (κ3) is 2.15. The zero-order chi connectivity index (χ0) is 13.3. The van der Waals surface area contributed by atoms with Gasteiger partial charge in [0, 0.05) is 12.6 Å². The molecule has 1 aromatic heterocycles. The molecule has 0 spiro atoms. The number of aromatic nitrogens is 1. The van der Waals surface area contributed by atoms with Crippen molar-refractivity contribution in [3.8, 4) is 0 Å². The van der Waals surface area contributed by atoms with Gasteiger partial charge in [0.15, 0.2) is 0 Å². The average molecular weight is 251 g/mol.